The minimum atomic E-state index is -10.8. The van der Waals surface area contributed by atoms with Crippen LogP contribution < -0.4 is 0 Å². The maximum absolute atomic E-state index is 10.8. The van der Waals surface area contributed by atoms with Gasteiger partial charge in [0.1, 0.15) is 0 Å². The average molecular weight is 261 g/mol. The van der Waals surface area contributed by atoms with E-state index in [0.29, 0.717) is 0 Å². The molecule has 0 saturated carbocycles. The van der Waals surface area contributed by atoms with Gasteiger partial charge in [-0.1, -0.05) is 0 Å². The monoisotopic (exact) mass is 262 g/mol. The molecule has 0 spiro atoms. The Balaban J connectivity index is 0. The maximum atomic E-state index is 9.88. The molecule has 0 saturated heterocycles. The van der Waals surface area contributed by atoms with E-state index >= 15 is 0 Å². The molecule has 0 aliphatic heterocycles. The van der Waals surface area contributed by atoms with E-state index in [0.717, 1.165) is 0 Å². The van der Waals surface area contributed by atoms with Gasteiger partial charge in [-0.3, -0.25) is 0 Å². The molecule has 50 valence electrons. The van der Waals surface area contributed by atoms with Crippen LogP contribution in [0.5, 0.6) is 0 Å². The van der Waals surface area contributed by atoms with Crippen molar-refractivity contribution in [2.75, 3.05) is 0 Å². The molecule has 0 rings (SSSR count). The summed E-state index contributed by atoms with van der Waals surface area (Å²) in [5, 5.41) is 0. The Labute approximate surface area is 57.7 Å². The Kier molecular flexibility index (Phi) is 1.94. The van der Waals surface area contributed by atoms with E-state index < -0.39 is 8.63 Å². The van der Waals surface area contributed by atoms with Crippen LogP contribution in [0.15, 0.2) is 0 Å². The number of halogens is 6. The van der Waals surface area contributed by atoms with Crippen LogP contribution in [0.1, 0.15) is 0 Å². The van der Waals surface area contributed by atoms with E-state index in [1.807, 2.05) is 0 Å². The average Bonchev–Trinajstić information content (AvgIpc) is 0.592. The molecule has 0 aromatic rings. The molecular formula is F6SiSn. The molecule has 0 aromatic carbocycles. The Morgan fingerprint density at radius 2 is 0.625 bits per heavy atom. The van der Waals surface area contributed by atoms with E-state index in [9.17, 15) is 24.6 Å². The molecule has 0 fully saturated rings. The second-order valence-electron chi connectivity index (χ2n) is 1.07. The molecule has 0 aliphatic rings. The third-order valence-corrected chi connectivity index (χ3v) is 0. The molecule has 8 heteroatoms. The van der Waals surface area contributed by atoms with Gasteiger partial charge < -0.3 is 0 Å². The van der Waals surface area contributed by atoms with Crippen molar-refractivity contribution >= 4 is 32.5 Å². The van der Waals surface area contributed by atoms with Crippen LogP contribution in [0.2, 0.25) is 0 Å². The molecule has 0 nitrogen and oxygen atoms in total. The van der Waals surface area contributed by atoms with Gasteiger partial charge in [0.05, 0.1) is 0 Å². The summed E-state index contributed by atoms with van der Waals surface area (Å²) >= 11 is 0. The van der Waals surface area contributed by atoms with Crippen molar-refractivity contribution in [1.29, 1.82) is 0 Å². The molecule has 0 heterocycles. The normalized spacial score (nSPS) is 20.2. The first kappa shape index (κ1) is 11.4. The zero-order valence-corrected chi connectivity index (χ0v) is 7.12. The van der Waals surface area contributed by atoms with Gasteiger partial charge in [-0.05, 0) is 0 Å². The third-order valence-electron chi connectivity index (χ3n) is 0. The summed E-state index contributed by atoms with van der Waals surface area (Å²) in [6.07, 6.45) is 0. The van der Waals surface area contributed by atoms with Gasteiger partial charge in [0.15, 0.2) is 0 Å². The standard InChI is InChI=1S/F6Si.Sn/c1-7(2,3,4,5)6;/q-2;+2. The van der Waals surface area contributed by atoms with Crippen molar-refractivity contribution in [3.63, 3.8) is 0 Å². The van der Waals surface area contributed by atoms with E-state index in [1.54, 1.807) is 0 Å². The van der Waals surface area contributed by atoms with Crippen molar-refractivity contribution in [2.24, 2.45) is 0 Å². The molecule has 0 N–H and O–H groups in total. The molecule has 0 unspecified atom stereocenters. The summed E-state index contributed by atoms with van der Waals surface area (Å²) in [4.78, 5) is 0. The summed E-state index contributed by atoms with van der Waals surface area (Å²) in [5.74, 6) is 0. The second-order valence-corrected chi connectivity index (χ2v) is 3.21. The maximum Gasteiger partial charge on any atom is 2.00 e. The van der Waals surface area contributed by atoms with Crippen molar-refractivity contribution in [2.45, 2.75) is 0 Å². The molecule has 2 radical (unpaired) electrons. The van der Waals surface area contributed by atoms with E-state index in [2.05, 4.69) is 0 Å². The van der Waals surface area contributed by atoms with Crippen LogP contribution in [-0.2, 0) is 0 Å². The van der Waals surface area contributed by atoms with Crippen molar-refractivity contribution in [1.82, 2.24) is 0 Å². The largest absolute Gasteiger partial charge is 2.00 e. The van der Waals surface area contributed by atoms with Crippen molar-refractivity contribution < 1.29 is 24.6 Å². The fraction of sp³-hybridized carbons (Fsp3) is 0. The van der Waals surface area contributed by atoms with Crippen molar-refractivity contribution in [3.8, 4) is 0 Å². The minimum absolute atomic E-state index is 0. The smallest absolute Gasteiger partial charge is 2.00 e. The van der Waals surface area contributed by atoms with Gasteiger partial charge in [-0.15, -0.1) is 0 Å². The first-order valence-corrected chi connectivity index (χ1v) is 3.40. The Bertz CT molecular complexity index is 67.1. The summed E-state index contributed by atoms with van der Waals surface area (Å²) < 4.78 is 59.3. The summed E-state index contributed by atoms with van der Waals surface area (Å²) in [7, 11) is -10.8. The molecule has 0 bridgehead atoms. The number of hydrogen-bond donors (Lipinski definition) is 0. The summed E-state index contributed by atoms with van der Waals surface area (Å²) in [5.41, 5.74) is 0. The summed E-state index contributed by atoms with van der Waals surface area (Å²) in [6.45, 7) is 0. The van der Waals surface area contributed by atoms with E-state index in [4.69, 9.17) is 0 Å². The van der Waals surface area contributed by atoms with Crippen LogP contribution in [0.25, 0.3) is 0 Å². The zero-order valence-electron chi connectivity index (χ0n) is 3.27. The quantitative estimate of drug-likeness (QED) is 0.354. The fourth-order valence-electron chi connectivity index (χ4n) is 0. The van der Waals surface area contributed by atoms with Crippen molar-refractivity contribution in [3.05, 3.63) is 0 Å². The molecule has 0 amide bonds. The van der Waals surface area contributed by atoms with Crippen LogP contribution >= 0.6 is 0 Å². The van der Waals surface area contributed by atoms with Gasteiger partial charge in [0, 0.05) is 0 Å². The van der Waals surface area contributed by atoms with Crippen LogP contribution in [0.4, 0.5) is 24.6 Å². The van der Waals surface area contributed by atoms with Gasteiger partial charge in [-0.25, -0.2) is 0 Å². The number of hydrogen-bond acceptors (Lipinski definition) is 0. The molecule has 0 atom stereocenters. The zero-order chi connectivity index (χ0) is 6.41. The molecule has 0 aliphatic carbocycles. The fourth-order valence-corrected chi connectivity index (χ4v) is 0. The SMILES string of the molecule is F[Si-2](F)(F)(F)(F)F.[Sn+2]. The Morgan fingerprint density at radius 3 is 0.625 bits per heavy atom. The van der Waals surface area contributed by atoms with Gasteiger partial charge in [0.25, 0.3) is 0 Å². The Morgan fingerprint density at radius 1 is 0.625 bits per heavy atom. The van der Waals surface area contributed by atoms with E-state index in [-0.39, 0.29) is 23.9 Å². The van der Waals surface area contributed by atoms with Crippen LogP contribution in [-0.4, -0.2) is 32.5 Å². The van der Waals surface area contributed by atoms with Crippen LogP contribution in [0.3, 0.4) is 0 Å². The molecule has 0 aromatic heterocycles. The summed E-state index contributed by atoms with van der Waals surface area (Å²) in [6, 6.07) is 0. The Hall–Kier alpha value is 0.596. The van der Waals surface area contributed by atoms with Gasteiger partial charge in [-0.2, -0.15) is 0 Å². The van der Waals surface area contributed by atoms with Crippen LogP contribution in [0, 0.1) is 0 Å². The minimum Gasteiger partial charge on any atom is 2.00 e. The molecular weight excluding hydrogens is 261 g/mol. The van der Waals surface area contributed by atoms with Gasteiger partial charge in [0.2, 0.25) is 0 Å². The van der Waals surface area contributed by atoms with Gasteiger partial charge >= 0.3 is 57.2 Å². The predicted octanol–water partition coefficient (Wildman–Crippen LogP) is 1.76. The predicted molar refractivity (Wildman–Crippen MR) is 18.2 cm³/mol. The first-order valence-electron chi connectivity index (χ1n) is 1.13. The molecule has 8 heavy (non-hydrogen) atoms. The third kappa shape index (κ3) is 582. The topological polar surface area (TPSA) is 0 Å². The second kappa shape index (κ2) is 1.36. The number of rotatable bonds is 0. The van der Waals surface area contributed by atoms with E-state index in [1.165, 1.54) is 0 Å². The first-order chi connectivity index (χ1) is 2.45.